The van der Waals surface area contributed by atoms with Gasteiger partial charge in [-0.3, -0.25) is 19.7 Å². The molecule has 3 aromatic heterocycles. The van der Waals surface area contributed by atoms with Gasteiger partial charge >= 0.3 is 0 Å². The Hall–Kier alpha value is -4.01. The number of carbonyl (C=O) groups is 3. The first-order valence-electron chi connectivity index (χ1n) is 10.8. The maximum absolute atomic E-state index is 14.7. The predicted octanol–water partition coefficient (Wildman–Crippen LogP) is 2.31. The van der Waals surface area contributed by atoms with Crippen molar-refractivity contribution in [2.75, 3.05) is 6.54 Å². The molecule has 1 aromatic carbocycles. The summed E-state index contributed by atoms with van der Waals surface area (Å²) in [4.78, 5) is 44.1. The van der Waals surface area contributed by atoms with Crippen LogP contribution >= 0.6 is 0 Å². The van der Waals surface area contributed by atoms with Crippen LogP contribution in [0.15, 0.2) is 48.9 Å². The van der Waals surface area contributed by atoms with E-state index in [1.165, 1.54) is 19.1 Å². The van der Waals surface area contributed by atoms with E-state index in [0.29, 0.717) is 47.5 Å². The Labute approximate surface area is 187 Å². The summed E-state index contributed by atoms with van der Waals surface area (Å²) in [5.74, 6) is -3.01. The molecule has 2 atom stereocenters. The molecule has 2 unspecified atom stereocenters. The number of hydrogen-bond donors (Lipinski definition) is 1. The summed E-state index contributed by atoms with van der Waals surface area (Å²) in [7, 11) is 0. The summed E-state index contributed by atoms with van der Waals surface area (Å²) in [5.41, 5.74) is 3.22. The normalized spacial score (nSPS) is 20.5. The predicted molar refractivity (Wildman–Crippen MR) is 117 cm³/mol. The molecule has 2 aliphatic rings. The van der Waals surface area contributed by atoms with Crippen LogP contribution in [-0.4, -0.2) is 43.1 Å². The monoisotopic (exact) mass is 445 g/mol. The number of aromatic nitrogens is 3. The second-order valence-electron chi connectivity index (χ2n) is 8.62. The highest BCUT2D eigenvalue weighted by Crippen LogP contribution is 2.42. The molecule has 0 radical (unpaired) electrons. The van der Waals surface area contributed by atoms with Gasteiger partial charge in [0.25, 0.3) is 0 Å². The van der Waals surface area contributed by atoms with Gasteiger partial charge in [0.05, 0.1) is 23.0 Å². The van der Waals surface area contributed by atoms with Gasteiger partial charge in [0.15, 0.2) is 0 Å². The minimum absolute atomic E-state index is 0.0777. The van der Waals surface area contributed by atoms with E-state index in [1.807, 2.05) is 35.2 Å². The zero-order valence-corrected chi connectivity index (χ0v) is 17.8. The minimum Gasteiger partial charge on any atom is -0.345 e. The number of fused-ring (bicyclic) bond motifs is 1. The third kappa shape index (κ3) is 2.95. The van der Waals surface area contributed by atoms with E-state index in [4.69, 9.17) is 0 Å². The molecule has 33 heavy (non-hydrogen) atoms. The summed E-state index contributed by atoms with van der Waals surface area (Å²) in [6.07, 6.45) is 5.41. The number of hydrogen-bond acceptors (Lipinski definition) is 4. The van der Waals surface area contributed by atoms with E-state index in [0.717, 1.165) is 5.52 Å². The van der Waals surface area contributed by atoms with Gasteiger partial charge in [-0.1, -0.05) is 6.07 Å². The Morgan fingerprint density at radius 3 is 2.73 bits per heavy atom. The van der Waals surface area contributed by atoms with E-state index in [2.05, 4.69) is 10.3 Å². The number of nitrogens with one attached hydrogen (secondary N) is 1. The number of pyridine rings is 1. The molecule has 0 bridgehead atoms. The smallest absolute Gasteiger partial charge is 0.236 e. The Morgan fingerprint density at radius 1 is 1.12 bits per heavy atom. The van der Waals surface area contributed by atoms with Crippen LogP contribution in [0.2, 0.25) is 0 Å². The van der Waals surface area contributed by atoms with Crippen LogP contribution < -0.4 is 5.32 Å². The Morgan fingerprint density at radius 2 is 1.94 bits per heavy atom. The summed E-state index contributed by atoms with van der Waals surface area (Å²) in [6.45, 7) is 2.77. The lowest BCUT2D eigenvalue weighted by Crippen LogP contribution is -2.29. The number of imide groups is 1. The molecule has 1 fully saturated rings. The number of imidazole rings is 1. The van der Waals surface area contributed by atoms with Crippen molar-refractivity contribution < 1.29 is 18.8 Å². The third-order valence-electron chi connectivity index (χ3n) is 6.65. The van der Waals surface area contributed by atoms with E-state index in [-0.39, 0.29) is 5.91 Å². The van der Waals surface area contributed by atoms with E-state index >= 15 is 0 Å². The van der Waals surface area contributed by atoms with Crippen LogP contribution in [0.5, 0.6) is 0 Å². The first kappa shape index (κ1) is 19.7. The Bertz CT molecular complexity index is 1450. The highest BCUT2D eigenvalue weighted by Gasteiger charge is 2.46. The average molecular weight is 445 g/mol. The number of nitrogens with zero attached hydrogens (tertiary/aromatic N) is 4. The van der Waals surface area contributed by atoms with Crippen molar-refractivity contribution in [3.63, 3.8) is 0 Å². The first-order chi connectivity index (χ1) is 15.9. The second-order valence-corrected chi connectivity index (χ2v) is 8.62. The van der Waals surface area contributed by atoms with Gasteiger partial charge in [-0.25, -0.2) is 9.37 Å². The van der Waals surface area contributed by atoms with Crippen molar-refractivity contribution in [2.24, 2.45) is 0 Å². The van der Waals surface area contributed by atoms with Crippen LogP contribution in [-0.2, 0) is 27.5 Å². The van der Waals surface area contributed by atoms with Crippen molar-refractivity contribution in [3.05, 3.63) is 71.6 Å². The summed E-state index contributed by atoms with van der Waals surface area (Å²) >= 11 is 0. The molecule has 166 valence electrons. The topological polar surface area (TPSA) is 88.7 Å². The second kappa shape index (κ2) is 6.99. The lowest BCUT2D eigenvalue weighted by atomic mass is 9.85. The van der Waals surface area contributed by atoms with Crippen molar-refractivity contribution in [1.29, 1.82) is 0 Å². The average Bonchev–Trinajstić information content (AvgIpc) is 3.38. The molecule has 4 aromatic rings. The SMILES string of the molecule is CC(=O)N1CCn2cc(C3C(=O)NC(=O)C3c3cn4ccccc4n3)c3cc(F)cc(c32)C1. The third-order valence-corrected chi connectivity index (χ3v) is 6.65. The summed E-state index contributed by atoms with van der Waals surface area (Å²) in [6, 6.07) is 8.38. The van der Waals surface area contributed by atoms with E-state index < -0.39 is 29.5 Å². The Balaban J connectivity index is 1.53. The van der Waals surface area contributed by atoms with Crippen LogP contribution in [0.3, 0.4) is 0 Å². The minimum atomic E-state index is -0.829. The highest BCUT2D eigenvalue weighted by atomic mass is 19.1. The number of amides is 3. The number of carbonyl (C=O) groups excluding carboxylic acids is 3. The van der Waals surface area contributed by atoms with Gasteiger partial charge < -0.3 is 13.9 Å². The molecule has 3 amide bonds. The van der Waals surface area contributed by atoms with Gasteiger partial charge in [-0.05, 0) is 35.4 Å². The van der Waals surface area contributed by atoms with Crippen molar-refractivity contribution in [1.82, 2.24) is 24.2 Å². The van der Waals surface area contributed by atoms with Gasteiger partial charge in [0, 0.05) is 50.5 Å². The van der Waals surface area contributed by atoms with Crippen LogP contribution in [0, 0.1) is 5.82 Å². The fourth-order valence-corrected chi connectivity index (χ4v) is 5.15. The highest BCUT2D eigenvalue weighted by molar-refractivity contribution is 6.11. The zero-order chi connectivity index (χ0) is 22.9. The largest absolute Gasteiger partial charge is 0.345 e. The molecule has 2 aliphatic heterocycles. The molecular weight excluding hydrogens is 425 g/mol. The maximum Gasteiger partial charge on any atom is 0.236 e. The molecular formula is C24H20FN5O3. The van der Waals surface area contributed by atoms with Gasteiger partial charge in [-0.2, -0.15) is 0 Å². The van der Waals surface area contributed by atoms with Crippen molar-refractivity contribution in [3.8, 4) is 0 Å². The molecule has 1 N–H and O–H groups in total. The number of benzene rings is 1. The van der Waals surface area contributed by atoms with E-state index in [1.54, 1.807) is 15.5 Å². The molecule has 6 rings (SSSR count). The van der Waals surface area contributed by atoms with Crippen LogP contribution in [0.4, 0.5) is 4.39 Å². The molecule has 0 aliphatic carbocycles. The van der Waals surface area contributed by atoms with E-state index in [9.17, 15) is 18.8 Å². The van der Waals surface area contributed by atoms with Crippen molar-refractivity contribution >= 4 is 34.3 Å². The summed E-state index contributed by atoms with van der Waals surface area (Å²) < 4.78 is 18.4. The zero-order valence-electron chi connectivity index (χ0n) is 17.8. The molecule has 1 saturated heterocycles. The lowest BCUT2D eigenvalue weighted by Gasteiger charge is -2.19. The van der Waals surface area contributed by atoms with Gasteiger partial charge in [-0.15, -0.1) is 0 Å². The first-order valence-corrected chi connectivity index (χ1v) is 10.8. The van der Waals surface area contributed by atoms with Crippen molar-refractivity contribution in [2.45, 2.75) is 31.8 Å². The van der Waals surface area contributed by atoms with Gasteiger partial charge in [0.2, 0.25) is 17.7 Å². The van der Waals surface area contributed by atoms with Gasteiger partial charge in [0.1, 0.15) is 11.5 Å². The van der Waals surface area contributed by atoms with Crippen LogP contribution in [0.1, 0.15) is 35.6 Å². The standard InChI is InChI=1S/C24H20FN5O3/c1-13(31)28-6-7-30-11-17(16-9-15(25)8-14(10-28)22(16)30)20-21(24(33)27-23(20)32)18-12-29-5-3-2-4-19(29)26-18/h2-5,8-9,11-12,20-21H,6-7,10H2,1H3,(H,27,32,33). The van der Waals surface area contributed by atoms with Crippen LogP contribution in [0.25, 0.3) is 16.6 Å². The fourth-order valence-electron chi connectivity index (χ4n) is 5.15. The molecule has 0 spiro atoms. The quantitative estimate of drug-likeness (QED) is 0.480. The Kier molecular flexibility index (Phi) is 4.17. The molecule has 9 heteroatoms. The lowest BCUT2D eigenvalue weighted by molar-refractivity contribution is -0.129. The molecule has 8 nitrogen and oxygen atoms in total. The maximum atomic E-state index is 14.7. The number of halogens is 1. The fraction of sp³-hybridized carbons (Fsp3) is 0.250. The molecule has 5 heterocycles. The number of rotatable bonds is 2. The summed E-state index contributed by atoms with van der Waals surface area (Å²) in [5, 5.41) is 3.03. The molecule has 0 saturated carbocycles.